The Morgan fingerprint density at radius 2 is 1.95 bits per heavy atom. The minimum atomic E-state index is -0.132. The number of urea groups is 1. The molecule has 0 fully saturated rings. The molecule has 1 heterocycles. The first-order chi connectivity index (χ1) is 9.28. The van der Waals surface area contributed by atoms with Gasteiger partial charge in [0.05, 0.1) is 6.54 Å². The summed E-state index contributed by atoms with van der Waals surface area (Å²) in [4.78, 5) is 12.7. The van der Waals surface area contributed by atoms with Crippen molar-refractivity contribution in [2.75, 3.05) is 32.5 Å². The van der Waals surface area contributed by atoms with Crippen LogP contribution in [0, 0.1) is 0 Å². The normalized spacial score (nSPS) is 11.2. The number of nitrogens with one attached hydrogen (secondary N) is 3. The van der Waals surface area contributed by atoms with Crippen LogP contribution in [0.25, 0.3) is 0 Å². The number of carbonyl (C=O) groups excluding carboxylic acids is 1. The van der Waals surface area contributed by atoms with Gasteiger partial charge >= 0.3 is 12.0 Å². The van der Waals surface area contributed by atoms with E-state index >= 15 is 0 Å². The van der Waals surface area contributed by atoms with E-state index in [0.717, 1.165) is 0 Å². The van der Waals surface area contributed by atoms with Crippen LogP contribution >= 0.6 is 0 Å². The second-order valence-electron chi connectivity index (χ2n) is 5.66. The van der Waals surface area contributed by atoms with Crippen molar-refractivity contribution >= 4 is 12.0 Å². The minimum absolute atomic E-state index is 0.00147. The molecule has 0 radical (unpaired) electrons. The fraction of sp³-hybridized carbons (Fsp3) is 0.750. The van der Waals surface area contributed by atoms with Crippen molar-refractivity contribution in [3.05, 3.63) is 5.89 Å². The molecule has 8 nitrogen and oxygen atoms in total. The van der Waals surface area contributed by atoms with Crippen LogP contribution in [0.2, 0.25) is 0 Å². The molecule has 0 spiro atoms. The summed E-state index contributed by atoms with van der Waals surface area (Å²) in [5.74, 6) is 0.528. The first-order valence-electron chi connectivity index (χ1n) is 6.54. The maximum Gasteiger partial charge on any atom is 0.316 e. The lowest BCUT2D eigenvalue weighted by Crippen LogP contribution is -2.37. The first kappa shape index (κ1) is 16.2. The van der Waals surface area contributed by atoms with E-state index < -0.39 is 0 Å². The molecule has 0 aromatic carbocycles. The van der Waals surface area contributed by atoms with Crippen molar-refractivity contribution in [3.63, 3.8) is 0 Å². The summed E-state index contributed by atoms with van der Waals surface area (Å²) in [6, 6.07) is 0.224. The molecule has 114 valence electrons. The van der Waals surface area contributed by atoms with Crippen molar-refractivity contribution in [2.45, 2.75) is 32.9 Å². The third-order valence-corrected chi connectivity index (χ3v) is 2.32. The van der Waals surface area contributed by atoms with Crippen molar-refractivity contribution in [3.8, 4) is 0 Å². The molecule has 0 aliphatic carbocycles. The Bertz CT molecular complexity index is 424. The average molecular weight is 284 g/mol. The van der Waals surface area contributed by atoms with E-state index in [9.17, 15) is 4.79 Å². The van der Waals surface area contributed by atoms with E-state index in [-0.39, 0.29) is 11.6 Å². The highest BCUT2D eigenvalue weighted by molar-refractivity contribution is 5.73. The van der Waals surface area contributed by atoms with Crippen LogP contribution in [0.5, 0.6) is 0 Å². The number of aromatic nitrogens is 2. The van der Waals surface area contributed by atoms with Gasteiger partial charge in [0.1, 0.15) is 0 Å². The highest BCUT2D eigenvalue weighted by Gasteiger charge is 2.12. The van der Waals surface area contributed by atoms with E-state index in [1.807, 2.05) is 0 Å². The van der Waals surface area contributed by atoms with Crippen LogP contribution in [-0.4, -0.2) is 53.9 Å². The van der Waals surface area contributed by atoms with Crippen molar-refractivity contribution in [1.82, 2.24) is 25.7 Å². The summed E-state index contributed by atoms with van der Waals surface area (Å²) in [5.41, 5.74) is -0.00147. The molecule has 0 saturated heterocycles. The van der Waals surface area contributed by atoms with E-state index in [0.29, 0.717) is 31.5 Å². The van der Waals surface area contributed by atoms with Gasteiger partial charge in [0.15, 0.2) is 0 Å². The highest BCUT2D eigenvalue weighted by Crippen LogP contribution is 2.06. The van der Waals surface area contributed by atoms with Crippen molar-refractivity contribution in [2.24, 2.45) is 0 Å². The largest absolute Gasteiger partial charge is 0.407 e. The van der Waals surface area contributed by atoms with Crippen LogP contribution in [-0.2, 0) is 6.54 Å². The molecule has 2 amide bonds. The minimum Gasteiger partial charge on any atom is -0.407 e. The lowest BCUT2D eigenvalue weighted by molar-refractivity contribution is 0.218. The van der Waals surface area contributed by atoms with E-state index in [1.165, 1.54) is 4.90 Å². The Kier molecular flexibility index (Phi) is 5.75. The Morgan fingerprint density at radius 3 is 2.55 bits per heavy atom. The monoisotopic (exact) mass is 284 g/mol. The molecule has 0 unspecified atom stereocenters. The molecule has 1 rings (SSSR count). The zero-order valence-corrected chi connectivity index (χ0v) is 12.8. The van der Waals surface area contributed by atoms with Gasteiger partial charge in [-0.1, -0.05) is 5.10 Å². The third-order valence-electron chi connectivity index (χ3n) is 2.32. The third kappa shape index (κ3) is 6.37. The molecule has 1 aromatic heterocycles. The van der Waals surface area contributed by atoms with Gasteiger partial charge in [-0.3, -0.25) is 0 Å². The maximum atomic E-state index is 11.3. The Hall–Kier alpha value is -1.83. The molecular formula is C12H24N6O2. The molecule has 3 N–H and O–H groups in total. The first-order valence-corrected chi connectivity index (χ1v) is 6.54. The van der Waals surface area contributed by atoms with Crippen LogP contribution in [0.4, 0.5) is 10.8 Å². The van der Waals surface area contributed by atoms with Gasteiger partial charge in [-0.05, 0) is 20.8 Å². The summed E-state index contributed by atoms with van der Waals surface area (Å²) >= 11 is 0. The molecule has 20 heavy (non-hydrogen) atoms. The number of hydrogen-bond donors (Lipinski definition) is 3. The SMILES string of the molecule is CN(C)C(=O)NCCNc1nnc(CNC(C)(C)C)o1. The lowest BCUT2D eigenvalue weighted by atomic mass is 10.1. The predicted octanol–water partition coefficient (Wildman–Crippen LogP) is 0.641. The summed E-state index contributed by atoms with van der Waals surface area (Å²) in [6.45, 7) is 7.72. The Labute approximate surface area is 119 Å². The molecule has 0 bridgehead atoms. The Morgan fingerprint density at radius 1 is 1.25 bits per heavy atom. The number of amides is 2. The van der Waals surface area contributed by atoms with Gasteiger partial charge in [0.25, 0.3) is 0 Å². The summed E-state index contributed by atoms with van der Waals surface area (Å²) in [7, 11) is 3.38. The molecule has 1 aromatic rings. The van der Waals surface area contributed by atoms with Crippen molar-refractivity contribution in [1.29, 1.82) is 0 Å². The molecular weight excluding hydrogens is 260 g/mol. The second-order valence-corrected chi connectivity index (χ2v) is 5.66. The zero-order valence-electron chi connectivity index (χ0n) is 12.8. The van der Waals surface area contributed by atoms with Crippen molar-refractivity contribution < 1.29 is 9.21 Å². The predicted molar refractivity (Wildman–Crippen MR) is 76.5 cm³/mol. The maximum absolute atomic E-state index is 11.3. The summed E-state index contributed by atoms with van der Waals surface area (Å²) in [6.07, 6.45) is 0. The van der Waals surface area contributed by atoms with Gasteiger partial charge in [-0.15, -0.1) is 5.10 Å². The van der Waals surface area contributed by atoms with Crippen LogP contribution in [0.3, 0.4) is 0 Å². The number of hydrogen-bond acceptors (Lipinski definition) is 6. The van der Waals surface area contributed by atoms with Gasteiger partial charge in [0.2, 0.25) is 5.89 Å². The van der Waals surface area contributed by atoms with Gasteiger partial charge in [-0.2, -0.15) is 0 Å². The summed E-state index contributed by atoms with van der Waals surface area (Å²) in [5, 5.41) is 16.7. The molecule has 0 saturated carbocycles. The van der Waals surface area contributed by atoms with E-state index in [1.54, 1.807) is 14.1 Å². The summed E-state index contributed by atoms with van der Waals surface area (Å²) < 4.78 is 5.41. The molecule has 0 aliphatic heterocycles. The van der Waals surface area contributed by atoms with Crippen LogP contribution in [0.15, 0.2) is 4.42 Å². The average Bonchev–Trinajstić information content (AvgIpc) is 2.79. The molecule has 0 atom stereocenters. The topological polar surface area (TPSA) is 95.3 Å². The standard InChI is InChI=1S/C12H24N6O2/c1-12(2,3)15-8-9-16-17-10(20-9)13-6-7-14-11(19)18(4)5/h15H,6-8H2,1-5H3,(H,13,17)(H,14,19). The molecule has 0 aliphatic rings. The quantitative estimate of drug-likeness (QED) is 0.664. The van der Waals surface area contributed by atoms with Gasteiger partial charge in [-0.25, -0.2) is 4.79 Å². The highest BCUT2D eigenvalue weighted by atomic mass is 16.4. The van der Waals surface area contributed by atoms with E-state index in [4.69, 9.17) is 4.42 Å². The second kappa shape index (κ2) is 7.09. The lowest BCUT2D eigenvalue weighted by Gasteiger charge is -2.18. The number of rotatable bonds is 6. The van der Waals surface area contributed by atoms with E-state index in [2.05, 4.69) is 46.9 Å². The Balaban J connectivity index is 2.25. The smallest absolute Gasteiger partial charge is 0.316 e. The number of nitrogens with zero attached hydrogens (tertiary/aromatic N) is 3. The molecule has 8 heteroatoms. The number of anilines is 1. The van der Waals surface area contributed by atoms with Crippen LogP contribution < -0.4 is 16.0 Å². The fourth-order valence-electron chi connectivity index (χ4n) is 1.23. The fourth-order valence-corrected chi connectivity index (χ4v) is 1.23. The van der Waals surface area contributed by atoms with Gasteiger partial charge < -0.3 is 25.3 Å². The number of carbonyl (C=O) groups is 1. The van der Waals surface area contributed by atoms with Gasteiger partial charge in [0, 0.05) is 32.7 Å². The van der Waals surface area contributed by atoms with Crippen LogP contribution in [0.1, 0.15) is 26.7 Å². The zero-order chi connectivity index (χ0) is 15.2.